The van der Waals surface area contributed by atoms with Gasteiger partial charge >= 0.3 is 0 Å². The first kappa shape index (κ1) is 13.4. The summed E-state index contributed by atoms with van der Waals surface area (Å²) >= 11 is 0. The Morgan fingerprint density at radius 3 is 2.50 bits per heavy atom. The second-order valence-corrected chi connectivity index (χ2v) is 5.21. The number of hydrogen-bond donors (Lipinski definition) is 1. The minimum atomic E-state index is -1.49. The molecule has 18 heavy (non-hydrogen) atoms. The number of halogens is 2. The molecule has 100 valence electrons. The molecular weight excluding hydrogens is 238 g/mol. The predicted octanol–water partition coefficient (Wildman–Crippen LogP) is 3.13. The van der Waals surface area contributed by atoms with Crippen LogP contribution >= 0.6 is 0 Å². The Bertz CT molecular complexity index is 429. The van der Waals surface area contributed by atoms with Gasteiger partial charge in [-0.05, 0) is 25.5 Å². The molecule has 2 unspecified atom stereocenters. The average Bonchev–Trinajstić information content (AvgIpc) is 2.28. The number of rotatable bonds is 2. The minimum Gasteiger partial charge on any atom is -0.385 e. The van der Waals surface area contributed by atoms with Crippen molar-refractivity contribution in [2.75, 3.05) is 6.61 Å². The largest absolute Gasteiger partial charge is 0.385 e. The fourth-order valence-corrected chi connectivity index (χ4v) is 2.61. The summed E-state index contributed by atoms with van der Waals surface area (Å²) < 4.78 is 33.2. The Kier molecular flexibility index (Phi) is 3.43. The zero-order valence-corrected chi connectivity index (χ0v) is 10.7. The first-order valence-corrected chi connectivity index (χ1v) is 6.21. The standard InChI is InChI=1S/C14H18F2O2/c1-3-13(2)9-14(17,7-8-18-13)12-10(15)5-4-6-11(12)16/h4-6,17H,3,7-9H2,1-2H3. The normalized spacial score (nSPS) is 32.5. The quantitative estimate of drug-likeness (QED) is 0.881. The molecule has 1 aliphatic rings. The van der Waals surface area contributed by atoms with Crippen LogP contribution in [-0.4, -0.2) is 17.3 Å². The van der Waals surface area contributed by atoms with Crippen molar-refractivity contribution in [3.05, 3.63) is 35.4 Å². The number of benzene rings is 1. The molecule has 0 aliphatic carbocycles. The third-order valence-corrected chi connectivity index (χ3v) is 3.81. The van der Waals surface area contributed by atoms with Gasteiger partial charge in [-0.1, -0.05) is 13.0 Å². The van der Waals surface area contributed by atoms with Crippen molar-refractivity contribution >= 4 is 0 Å². The molecule has 0 radical (unpaired) electrons. The van der Waals surface area contributed by atoms with E-state index in [2.05, 4.69) is 0 Å². The van der Waals surface area contributed by atoms with Gasteiger partial charge in [0.25, 0.3) is 0 Å². The lowest BCUT2D eigenvalue weighted by molar-refractivity contribution is -0.159. The van der Waals surface area contributed by atoms with Crippen LogP contribution in [0.15, 0.2) is 18.2 Å². The maximum Gasteiger partial charge on any atom is 0.132 e. The molecule has 2 nitrogen and oxygen atoms in total. The van der Waals surface area contributed by atoms with E-state index in [0.717, 1.165) is 0 Å². The van der Waals surface area contributed by atoms with Crippen LogP contribution in [0.25, 0.3) is 0 Å². The Labute approximate surface area is 106 Å². The van der Waals surface area contributed by atoms with Crippen LogP contribution in [-0.2, 0) is 10.3 Å². The van der Waals surface area contributed by atoms with E-state index in [1.165, 1.54) is 18.2 Å². The van der Waals surface area contributed by atoms with Crippen molar-refractivity contribution in [2.24, 2.45) is 0 Å². The minimum absolute atomic E-state index is 0.203. The van der Waals surface area contributed by atoms with Gasteiger partial charge in [-0.15, -0.1) is 0 Å². The summed E-state index contributed by atoms with van der Waals surface area (Å²) in [6.07, 6.45) is 1.10. The lowest BCUT2D eigenvalue weighted by atomic mass is 9.77. The van der Waals surface area contributed by atoms with E-state index in [1.807, 2.05) is 13.8 Å². The van der Waals surface area contributed by atoms with E-state index in [4.69, 9.17) is 4.74 Å². The van der Waals surface area contributed by atoms with Gasteiger partial charge in [-0.2, -0.15) is 0 Å². The maximum absolute atomic E-state index is 13.8. The van der Waals surface area contributed by atoms with Gasteiger partial charge in [0, 0.05) is 12.8 Å². The molecule has 0 amide bonds. The van der Waals surface area contributed by atoms with Gasteiger partial charge < -0.3 is 9.84 Å². The molecule has 2 atom stereocenters. The highest BCUT2D eigenvalue weighted by molar-refractivity contribution is 5.27. The summed E-state index contributed by atoms with van der Waals surface area (Å²) in [5, 5.41) is 10.6. The Morgan fingerprint density at radius 1 is 1.33 bits per heavy atom. The van der Waals surface area contributed by atoms with Gasteiger partial charge in [-0.3, -0.25) is 0 Å². The number of ether oxygens (including phenoxy) is 1. The van der Waals surface area contributed by atoms with Crippen LogP contribution in [0, 0.1) is 11.6 Å². The fraction of sp³-hybridized carbons (Fsp3) is 0.571. The summed E-state index contributed by atoms with van der Waals surface area (Å²) in [6, 6.07) is 3.65. The van der Waals surface area contributed by atoms with Crippen LogP contribution < -0.4 is 0 Å². The van der Waals surface area contributed by atoms with Crippen LogP contribution in [0.3, 0.4) is 0 Å². The topological polar surface area (TPSA) is 29.5 Å². The van der Waals surface area contributed by atoms with Crippen molar-refractivity contribution in [3.8, 4) is 0 Å². The maximum atomic E-state index is 13.8. The molecule has 0 saturated carbocycles. The van der Waals surface area contributed by atoms with E-state index in [-0.39, 0.29) is 18.4 Å². The third kappa shape index (κ3) is 2.27. The van der Waals surface area contributed by atoms with Crippen molar-refractivity contribution in [3.63, 3.8) is 0 Å². The van der Waals surface area contributed by atoms with E-state index in [0.29, 0.717) is 13.0 Å². The van der Waals surface area contributed by atoms with Crippen molar-refractivity contribution in [2.45, 2.75) is 44.3 Å². The molecule has 0 spiro atoms. The van der Waals surface area contributed by atoms with Crippen molar-refractivity contribution < 1.29 is 18.6 Å². The lowest BCUT2D eigenvalue weighted by Gasteiger charge is -2.43. The summed E-state index contributed by atoms with van der Waals surface area (Å²) in [5.74, 6) is -1.39. The molecule has 2 rings (SSSR count). The highest BCUT2D eigenvalue weighted by atomic mass is 19.1. The SMILES string of the molecule is CCC1(C)CC(O)(c2c(F)cccc2F)CCO1. The molecule has 1 aliphatic heterocycles. The lowest BCUT2D eigenvalue weighted by Crippen LogP contribution is -2.46. The average molecular weight is 256 g/mol. The zero-order chi connectivity index (χ0) is 13.4. The first-order valence-electron chi connectivity index (χ1n) is 6.21. The molecule has 1 heterocycles. The van der Waals surface area contributed by atoms with Crippen molar-refractivity contribution in [1.29, 1.82) is 0 Å². The Morgan fingerprint density at radius 2 is 1.94 bits per heavy atom. The second kappa shape index (κ2) is 4.59. The molecule has 1 aromatic carbocycles. The number of aliphatic hydroxyl groups is 1. The molecule has 1 fully saturated rings. The smallest absolute Gasteiger partial charge is 0.132 e. The van der Waals surface area contributed by atoms with E-state index < -0.39 is 22.8 Å². The van der Waals surface area contributed by atoms with Crippen LogP contribution in [0.2, 0.25) is 0 Å². The van der Waals surface area contributed by atoms with E-state index >= 15 is 0 Å². The van der Waals surface area contributed by atoms with Gasteiger partial charge in [0.15, 0.2) is 0 Å². The molecule has 1 saturated heterocycles. The predicted molar refractivity (Wildman–Crippen MR) is 64.1 cm³/mol. The third-order valence-electron chi connectivity index (χ3n) is 3.81. The van der Waals surface area contributed by atoms with E-state index in [9.17, 15) is 13.9 Å². The van der Waals surface area contributed by atoms with Crippen LogP contribution in [0.1, 0.15) is 38.7 Å². The van der Waals surface area contributed by atoms with Gasteiger partial charge in [-0.25, -0.2) is 8.78 Å². The molecule has 4 heteroatoms. The van der Waals surface area contributed by atoms with E-state index in [1.54, 1.807) is 0 Å². The van der Waals surface area contributed by atoms with Crippen molar-refractivity contribution in [1.82, 2.24) is 0 Å². The second-order valence-electron chi connectivity index (χ2n) is 5.21. The Balaban J connectivity index is 2.42. The fourth-order valence-electron chi connectivity index (χ4n) is 2.61. The molecule has 0 bridgehead atoms. The summed E-state index contributed by atoms with van der Waals surface area (Å²) in [5.41, 5.74) is -2.26. The van der Waals surface area contributed by atoms with Crippen LogP contribution in [0.4, 0.5) is 8.78 Å². The zero-order valence-electron chi connectivity index (χ0n) is 10.7. The highest BCUT2D eigenvalue weighted by Gasteiger charge is 2.44. The van der Waals surface area contributed by atoms with Crippen LogP contribution in [0.5, 0.6) is 0 Å². The monoisotopic (exact) mass is 256 g/mol. The molecule has 1 N–H and O–H groups in total. The molecule has 1 aromatic rings. The van der Waals surface area contributed by atoms with Gasteiger partial charge in [0.05, 0.1) is 17.8 Å². The first-order chi connectivity index (χ1) is 8.40. The highest BCUT2D eigenvalue weighted by Crippen LogP contribution is 2.42. The summed E-state index contributed by atoms with van der Waals surface area (Å²) in [6.45, 7) is 4.09. The summed E-state index contributed by atoms with van der Waals surface area (Å²) in [7, 11) is 0. The van der Waals surface area contributed by atoms with Gasteiger partial charge in [0.1, 0.15) is 17.2 Å². The molecule has 0 aromatic heterocycles. The Hall–Kier alpha value is -1.00. The molecular formula is C14H18F2O2. The summed E-state index contributed by atoms with van der Waals surface area (Å²) in [4.78, 5) is 0. The van der Waals surface area contributed by atoms with Gasteiger partial charge in [0.2, 0.25) is 0 Å². The number of hydrogen-bond acceptors (Lipinski definition) is 2.